The molecule has 0 aromatic heterocycles. The van der Waals surface area contributed by atoms with Crippen molar-refractivity contribution in [3.05, 3.63) is 0 Å². The highest BCUT2D eigenvalue weighted by molar-refractivity contribution is 14.0. The maximum atomic E-state index is 11.7. The molecule has 0 radical (unpaired) electrons. The van der Waals surface area contributed by atoms with E-state index >= 15 is 0 Å². The van der Waals surface area contributed by atoms with Crippen molar-refractivity contribution >= 4 is 35.8 Å². The third-order valence-electron chi connectivity index (χ3n) is 3.54. The summed E-state index contributed by atoms with van der Waals surface area (Å²) in [4.78, 5) is 17.7. The van der Waals surface area contributed by atoms with Crippen molar-refractivity contribution in [1.29, 1.82) is 0 Å². The lowest BCUT2D eigenvalue weighted by Gasteiger charge is -2.23. The summed E-state index contributed by atoms with van der Waals surface area (Å²) in [5, 5.41) is 6.69. The van der Waals surface area contributed by atoms with Gasteiger partial charge in [-0.3, -0.25) is 4.79 Å². The molecule has 0 heterocycles. The molecule has 0 aliphatic heterocycles. The number of rotatable bonds is 10. The van der Waals surface area contributed by atoms with E-state index in [4.69, 9.17) is 4.74 Å². The predicted octanol–water partition coefficient (Wildman–Crippen LogP) is 2.87. The van der Waals surface area contributed by atoms with E-state index in [1.165, 1.54) is 0 Å². The zero-order valence-corrected chi connectivity index (χ0v) is 19.5. The lowest BCUT2D eigenvalue weighted by Crippen LogP contribution is -2.43. The molecule has 0 aromatic rings. The molecule has 0 fully saturated rings. The molecule has 150 valence electrons. The predicted molar refractivity (Wildman–Crippen MR) is 117 cm³/mol. The van der Waals surface area contributed by atoms with Crippen LogP contribution >= 0.6 is 24.0 Å². The summed E-state index contributed by atoms with van der Waals surface area (Å²) in [6.07, 6.45) is 3.10. The Morgan fingerprint density at radius 1 is 1.28 bits per heavy atom. The first-order valence-corrected chi connectivity index (χ1v) is 8.98. The van der Waals surface area contributed by atoms with Crippen LogP contribution in [0.5, 0.6) is 0 Å². The third-order valence-corrected chi connectivity index (χ3v) is 3.54. The topological polar surface area (TPSA) is 66.0 Å². The standard InChI is InChI=1S/C18H38N4O2.HI/c1-8-24-13-9-12-19-17(20-14-16(23)22(6)7)21-15(2)10-11-18(3,4)5;/h15H,8-14H2,1-7H3,(H2,19,20,21);1H. The summed E-state index contributed by atoms with van der Waals surface area (Å²) in [5.74, 6) is 0.691. The second-order valence-electron chi connectivity index (χ2n) is 7.57. The van der Waals surface area contributed by atoms with Gasteiger partial charge in [0.05, 0.1) is 0 Å². The molecule has 1 atom stereocenters. The van der Waals surface area contributed by atoms with Gasteiger partial charge in [0.25, 0.3) is 0 Å². The number of likely N-dealkylation sites (N-methyl/N-ethyl adjacent to an activating group) is 1. The Morgan fingerprint density at radius 3 is 2.44 bits per heavy atom. The van der Waals surface area contributed by atoms with Crippen molar-refractivity contribution in [1.82, 2.24) is 15.5 Å². The van der Waals surface area contributed by atoms with E-state index in [9.17, 15) is 4.79 Å². The molecule has 0 aliphatic carbocycles. The van der Waals surface area contributed by atoms with Gasteiger partial charge in [0.1, 0.15) is 6.54 Å². The van der Waals surface area contributed by atoms with Gasteiger partial charge in [-0.2, -0.15) is 0 Å². The smallest absolute Gasteiger partial charge is 0.243 e. The molecule has 2 N–H and O–H groups in total. The Morgan fingerprint density at radius 2 is 1.92 bits per heavy atom. The third kappa shape index (κ3) is 16.6. The number of nitrogens with one attached hydrogen (secondary N) is 2. The van der Waals surface area contributed by atoms with Crippen LogP contribution in [0.15, 0.2) is 4.99 Å². The first-order valence-electron chi connectivity index (χ1n) is 8.98. The molecule has 25 heavy (non-hydrogen) atoms. The van der Waals surface area contributed by atoms with Crippen LogP contribution in [0, 0.1) is 5.41 Å². The lowest BCUT2D eigenvalue weighted by molar-refractivity contribution is -0.127. The zero-order chi connectivity index (χ0) is 18.6. The first kappa shape index (κ1) is 26.7. The highest BCUT2D eigenvalue weighted by Gasteiger charge is 2.13. The van der Waals surface area contributed by atoms with Gasteiger partial charge in [-0.15, -0.1) is 24.0 Å². The van der Waals surface area contributed by atoms with Crippen molar-refractivity contribution in [2.45, 2.75) is 59.9 Å². The first-order chi connectivity index (χ1) is 11.2. The fourth-order valence-corrected chi connectivity index (χ4v) is 1.92. The zero-order valence-electron chi connectivity index (χ0n) is 17.1. The molecule has 0 rings (SSSR count). The van der Waals surface area contributed by atoms with E-state index in [1.807, 2.05) is 6.92 Å². The van der Waals surface area contributed by atoms with E-state index in [-0.39, 0.29) is 36.4 Å². The lowest BCUT2D eigenvalue weighted by atomic mass is 9.89. The Balaban J connectivity index is 0. The SMILES string of the molecule is CCOCCCNC(=NCC(=O)N(C)C)NC(C)CCC(C)(C)C.I. The molecular formula is C18H39IN4O2. The largest absolute Gasteiger partial charge is 0.382 e. The monoisotopic (exact) mass is 470 g/mol. The van der Waals surface area contributed by atoms with Crippen LogP contribution in [-0.2, 0) is 9.53 Å². The normalized spacial score (nSPS) is 13.0. The minimum absolute atomic E-state index is 0. The van der Waals surface area contributed by atoms with E-state index in [0.29, 0.717) is 17.4 Å². The van der Waals surface area contributed by atoms with Crippen LogP contribution in [0.1, 0.15) is 53.9 Å². The van der Waals surface area contributed by atoms with Crippen LogP contribution in [-0.4, -0.2) is 63.2 Å². The number of aliphatic imine (C=N–C) groups is 1. The van der Waals surface area contributed by atoms with Gasteiger partial charge in [-0.25, -0.2) is 4.99 Å². The Bertz CT molecular complexity index is 382. The molecule has 1 unspecified atom stereocenters. The number of carbonyl (C=O) groups is 1. The molecule has 1 amide bonds. The van der Waals surface area contributed by atoms with E-state index in [2.05, 4.69) is 43.3 Å². The van der Waals surface area contributed by atoms with Gasteiger partial charge in [0.15, 0.2) is 5.96 Å². The molecule has 0 saturated heterocycles. The van der Waals surface area contributed by atoms with E-state index in [0.717, 1.165) is 39.0 Å². The Hall–Kier alpha value is -0.570. The summed E-state index contributed by atoms with van der Waals surface area (Å²) in [6.45, 7) is 13.3. The fraction of sp³-hybridized carbons (Fsp3) is 0.889. The van der Waals surface area contributed by atoms with Crippen molar-refractivity contribution in [2.24, 2.45) is 10.4 Å². The Kier molecular flexibility index (Phi) is 15.6. The molecule has 7 heteroatoms. The molecule has 0 saturated carbocycles. The highest BCUT2D eigenvalue weighted by atomic mass is 127. The molecular weight excluding hydrogens is 431 g/mol. The molecule has 0 aromatic carbocycles. The molecule has 0 spiro atoms. The van der Waals surface area contributed by atoms with Gasteiger partial charge >= 0.3 is 0 Å². The number of carbonyl (C=O) groups excluding carboxylic acids is 1. The van der Waals surface area contributed by atoms with E-state index in [1.54, 1.807) is 19.0 Å². The highest BCUT2D eigenvalue weighted by Crippen LogP contribution is 2.21. The summed E-state index contributed by atoms with van der Waals surface area (Å²) in [6, 6.07) is 0.303. The number of hydrogen-bond donors (Lipinski definition) is 2. The van der Waals surface area contributed by atoms with Crippen LogP contribution in [0.25, 0.3) is 0 Å². The molecule has 0 bridgehead atoms. The van der Waals surface area contributed by atoms with Gasteiger partial charge in [0.2, 0.25) is 5.91 Å². The Labute approximate surface area is 171 Å². The van der Waals surface area contributed by atoms with Crippen molar-refractivity contribution in [3.8, 4) is 0 Å². The maximum absolute atomic E-state index is 11.7. The number of amides is 1. The number of nitrogens with zero attached hydrogens (tertiary/aromatic N) is 2. The summed E-state index contributed by atoms with van der Waals surface area (Å²) >= 11 is 0. The van der Waals surface area contributed by atoms with Gasteiger partial charge in [0, 0.05) is 39.9 Å². The van der Waals surface area contributed by atoms with E-state index < -0.39 is 0 Å². The van der Waals surface area contributed by atoms with Gasteiger partial charge in [-0.05, 0) is 38.5 Å². The van der Waals surface area contributed by atoms with Crippen LogP contribution in [0.3, 0.4) is 0 Å². The maximum Gasteiger partial charge on any atom is 0.243 e. The van der Waals surface area contributed by atoms with Crippen molar-refractivity contribution < 1.29 is 9.53 Å². The van der Waals surface area contributed by atoms with Crippen molar-refractivity contribution in [3.63, 3.8) is 0 Å². The quantitative estimate of drug-likeness (QED) is 0.223. The molecule has 6 nitrogen and oxygen atoms in total. The summed E-state index contributed by atoms with van der Waals surface area (Å²) < 4.78 is 5.34. The van der Waals surface area contributed by atoms with Crippen molar-refractivity contribution in [2.75, 3.05) is 40.4 Å². The second-order valence-corrected chi connectivity index (χ2v) is 7.57. The minimum atomic E-state index is -0.00670. The number of halogens is 1. The summed E-state index contributed by atoms with van der Waals surface area (Å²) in [5.41, 5.74) is 0.319. The van der Waals surface area contributed by atoms with Crippen LogP contribution < -0.4 is 10.6 Å². The number of ether oxygens (including phenoxy) is 1. The second kappa shape index (κ2) is 14.6. The van der Waals surface area contributed by atoms with Gasteiger partial charge in [-0.1, -0.05) is 20.8 Å². The average molecular weight is 470 g/mol. The number of guanidine groups is 1. The minimum Gasteiger partial charge on any atom is -0.382 e. The summed E-state index contributed by atoms with van der Waals surface area (Å²) in [7, 11) is 3.48. The fourth-order valence-electron chi connectivity index (χ4n) is 1.92. The molecule has 0 aliphatic rings. The van der Waals surface area contributed by atoms with Crippen LogP contribution in [0.2, 0.25) is 0 Å². The van der Waals surface area contributed by atoms with Gasteiger partial charge < -0.3 is 20.3 Å². The average Bonchev–Trinajstić information content (AvgIpc) is 2.48. The number of hydrogen-bond acceptors (Lipinski definition) is 3. The van der Waals surface area contributed by atoms with Crippen LogP contribution in [0.4, 0.5) is 0 Å².